The van der Waals surface area contributed by atoms with Crippen LogP contribution in [0.4, 0.5) is 0 Å². The number of aromatic nitrogens is 6. The Bertz CT molecular complexity index is 1930. The van der Waals surface area contributed by atoms with Crippen LogP contribution >= 0.6 is 0 Å². The van der Waals surface area contributed by atoms with Crippen LogP contribution in [-0.2, 0) is 16.6 Å². The highest BCUT2D eigenvalue weighted by molar-refractivity contribution is 7.90. The van der Waals surface area contributed by atoms with Crippen molar-refractivity contribution in [3.63, 3.8) is 0 Å². The number of aromatic hydroxyl groups is 1. The molecule has 0 aliphatic rings. The molecule has 0 aliphatic heterocycles. The van der Waals surface area contributed by atoms with E-state index in [-0.39, 0.29) is 16.3 Å². The quantitative estimate of drug-likeness (QED) is 0.358. The summed E-state index contributed by atoms with van der Waals surface area (Å²) < 4.78 is 31.5. The molecule has 1 N–H and O–H groups in total. The van der Waals surface area contributed by atoms with Gasteiger partial charge in [0.1, 0.15) is 17.1 Å². The summed E-state index contributed by atoms with van der Waals surface area (Å²) in [5.74, 6) is 0.614. The van der Waals surface area contributed by atoms with E-state index in [2.05, 4.69) is 16.2 Å². The van der Waals surface area contributed by atoms with Crippen LogP contribution < -0.4 is 0 Å². The molecule has 4 heterocycles. The minimum atomic E-state index is -3.88. The van der Waals surface area contributed by atoms with Crippen LogP contribution in [0.1, 0.15) is 6.42 Å². The maximum atomic E-state index is 13.4. The van der Waals surface area contributed by atoms with Gasteiger partial charge in [-0.1, -0.05) is 30.3 Å². The lowest BCUT2D eigenvalue weighted by Gasteiger charge is -2.09. The van der Waals surface area contributed by atoms with Gasteiger partial charge < -0.3 is 5.11 Å². The van der Waals surface area contributed by atoms with E-state index in [1.54, 1.807) is 71.7 Å². The van der Waals surface area contributed by atoms with E-state index in [1.807, 2.05) is 10.6 Å². The van der Waals surface area contributed by atoms with Crippen LogP contribution in [0.3, 0.4) is 0 Å². The minimum absolute atomic E-state index is 0.0872. The van der Waals surface area contributed by atoms with E-state index < -0.39 is 10.0 Å². The lowest BCUT2D eigenvalue weighted by Crippen LogP contribution is -2.12. The van der Waals surface area contributed by atoms with Gasteiger partial charge in [0.05, 0.1) is 47.5 Å². The van der Waals surface area contributed by atoms with Crippen LogP contribution in [0.2, 0.25) is 0 Å². The van der Waals surface area contributed by atoms with Crippen molar-refractivity contribution in [3.8, 4) is 28.9 Å². The van der Waals surface area contributed by atoms with Crippen molar-refractivity contribution in [3.05, 3.63) is 85.5 Å². The number of phenols is 1. The summed E-state index contributed by atoms with van der Waals surface area (Å²) in [7, 11) is -3.88. The van der Waals surface area contributed by atoms with Crippen molar-refractivity contribution in [2.45, 2.75) is 17.9 Å². The molecule has 0 fully saturated rings. The summed E-state index contributed by atoms with van der Waals surface area (Å²) in [4.78, 5) is 9.42. The van der Waals surface area contributed by atoms with E-state index in [9.17, 15) is 13.5 Å². The molecule has 0 saturated carbocycles. The highest BCUT2D eigenvalue weighted by Gasteiger charge is 2.24. The maximum Gasteiger partial charge on any atom is 0.269 e. The third-order valence-corrected chi connectivity index (χ3v) is 7.71. The zero-order valence-electron chi connectivity index (χ0n) is 19.3. The molecule has 11 heteroatoms. The highest BCUT2D eigenvalue weighted by Crippen LogP contribution is 2.34. The second kappa shape index (κ2) is 8.61. The molecule has 10 nitrogen and oxygen atoms in total. The Hall–Kier alpha value is -4.95. The molecule has 6 aromatic rings. The Kier molecular flexibility index (Phi) is 5.24. The molecule has 4 aromatic heterocycles. The average Bonchev–Trinajstić information content (AvgIpc) is 3.64. The first kappa shape index (κ1) is 22.5. The van der Waals surface area contributed by atoms with Gasteiger partial charge in [-0.05, 0) is 30.3 Å². The van der Waals surface area contributed by atoms with Gasteiger partial charge in [0.15, 0.2) is 5.65 Å². The number of aryl methyl sites for hydroxylation is 1. The van der Waals surface area contributed by atoms with Gasteiger partial charge in [-0.2, -0.15) is 10.4 Å². The van der Waals surface area contributed by atoms with Gasteiger partial charge in [-0.15, -0.1) is 0 Å². The van der Waals surface area contributed by atoms with Gasteiger partial charge in [-0.3, -0.25) is 9.25 Å². The topological polar surface area (TPSA) is 132 Å². The Balaban J connectivity index is 1.63. The highest BCUT2D eigenvalue weighted by atomic mass is 32.2. The number of imidazole rings is 1. The fraction of sp³-hybridized carbons (Fsp3) is 0.0769. The summed E-state index contributed by atoms with van der Waals surface area (Å²) in [6, 6.07) is 18.7. The van der Waals surface area contributed by atoms with Crippen molar-refractivity contribution in [2.24, 2.45) is 0 Å². The largest absolute Gasteiger partial charge is 0.508 e. The van der Waals surface area contributed by atoms with Crippen LogP contribution in [0, 0.1) is 11.3 Å². The van der Waals surface area contributed by atoms with E-state index in [0.717, 1.165) is 0 Å². The van der Waals surface area contributed by atoms with Gasteiger partial charge >= 0.3 is 0 Å². The zero-order chi connectivity index (χ0) is 25.6. The fourth-order valence-corrected chi connectivity index (χ4v) is 5.69. The van der Waals surface area contributed by atoms with Crippen LogP contribution in [0.15, 0.2) is 90.3 Å². The maximum absolute atomic E-state index is 13.4. The lowest BCUT2D eigenvalue weighted by atomic mass is 10.2. The number of hydrogen-bond donors (Lipinski definition) is 1. The molecule has 0 radical (unpaired) electrons. The van der Waals surface area contributed by atoms with E-state index in [1.165, 1.54) is 16.4 Å². The molecule has 6 rings (SSSR count). The van der Waals surface area contributed by atoms with Crippen molar-refractivity contribution < 1.29 is 13.5 Å². The smallest absolute Gasteiger partial charge is 0.269 e. The summed E-state index contributed by atoms with van der Waals surface area (Å²) >= 11 is 0. The van der Waals surface area contributed by atoms with Crippen molar-refractivity contribution in [1.29, 1.82) is 5.26 Å². The number of benzene rings is 2. The molecule has 0 bridgehead atoms. The van der Waals surface area contributed by atoms with Crippen LogP contribution in [0.5, 0.6) is 5.75 Å². The lowest BCUT2D eigenvalue weighted by molar-refractivity contribution is 0.475. The number of nitriles is 1. The normalized spacial score (nSPS) is 11.8. The summed E-state index contributed by atoms with van der Waals surface area (Å²) in [6.45, 7) is 0.424. The standard InChI is InChI=1S/C26H19N7O3S/c27-11-5-12-31-17-19(15-29-31)33-24-22-10-13-32(37(35,36)21-8-2-1-3-9-21)26(22)28-16-23(24)30-25(33)18-6-4-7-20(34)14-18/h1-4,6-10,13-17,34H,5,12H2. The number of pyridine rings is 1. The summed E-state index contributed by atoms with van der Waals surface area (Å²) in [6.07, 6.45) is 6.79. The first-order valence-corrected chi connectivity index (χ1v) is 12.8. The first-order valence-electron chi connectivity index (χ1n) is 11.4. The molecule has 182 valence electrons. The zero-order valence-corrected chi connectivity index (χ0v) is 20.1. The predicted molar refractivity (Wildman–Crippen MR) is 137 cm³/mol. The number of hydrogen-bond acceptors (Lipinski definition) is 7. The molecule has 0 atom stereocenters. The number of rotatable bonds is 6. The van der Waals surface area contributed by atoms with Crippen molar-refractivity contribution in [2.75, 3.05) is 0 Å². The molecule has 0 spiro atoms. The van der Waals surface area contributed by atoms with E-state index >= 15 is 0 Å². The van der Waals surface area contributed by atoms with Gasteiger partial charge in [0.2, 0.25) is 0 Å². The molecule has 0 aliphatic carbocycles. The summed E-state index contributed by atoms with van der Waals surface area (Å²) in [5.41, 5.74) is 2.78. The molecular formula is C26H19N7O3S. The molecule has 0 amide bonds. The second-order valence-electron chi connectivity index (χ2n) is 8.35. The average molecular weight is 510 g/mol. The number of fused-ring (bicyclic) bond motifs is 3. The van der Waals surface area contributed by atoms with Gasteiger partial charge in [0, 0.05) is 23.3 Å². The van der Waals surface area contributed by atoms with Crippen molar-refractivity contribution in [1.82, 2.24) is 28.3 Å². The minimum Gasteiger partial charge on any atom is -0.508 e. The molecule has 0 unspecified atom stereocenters. The number of phenolic OH excluding ortho intramolecular Hbond substituents is 1. The SMILES string of the molecule is N#CCCn1cc(-n2c(-c3cccc(O)c3)nc3cnc4c(ccn4S(=O)(=O)c4ccccc4)c32)cn1. The van der Waals surface area contributed by atoms with Gasteiger partial charge in [-0.25, -0.2) is 22.4 Å². The van der Waals surface area contributed by atoms with Gasteiger partial charge in [0.25, 0.3) is 10.0 Å². The number of nitrogens with zero attached hydrogens (tertiary/aromatic N) is 7. The first-order chi connectivity index (χ1) is 18.0. The third kappa shape index (κ3) is 3.71. The van der Waals surface area contributed by atoms with Crippen LogP contribution in [0.25, 0.3) is 39.1 Å². The second-order valence-corrected chi connectivity index (χ2v) is 10.2. The van der Waals surface area contributed by atoms with E-state index in [4.69, 9.17) is 10.2 Å². The predicted octanol–water partition coefficient (Wildman–Crippen LogP) is 4.09. The third-order valence-electron chi connectivity index (χ3n) is 6.03. The monoisotopic (exact) mass is 509 g/mol. The Labute approximate surface area is 211 Å². The molecule has 0 saturated heterocycles. The fourth-order valence-electron chi connectivity index (χ4n) is 4.37. The van der Waals surface area contributed by atoms with E-state index in [0.29, 0.717) is 46.5 Å². The van der Waals surface area contributed by atoms with Crippen LogP contribution in [-0.4, -0.2) is 41.8 Å². The molecular weight excluding hydrogens is 490 g/mol. The Morgan fingerprint density at radius 2 is 1.86 bits per heavy atom. The Morgan fingerprint density at radius 1 is 1.03 bits per heavy atom. The van der Waals surface area contributed by atoms with Crippen molar-refractivity contribution >= 4 is 32.1 Å². The summed E-state index contributed by atoms with van der Waals surface area (Å²) in [5, 5.41) is 24.0. The molecule has 2 aromatic carbocycles. The Morgan fingerprint density at radius 3 is 2.65 bits per heavy atom. The molecule has 37 heavy (non-hydrogen) atoms.